The van der Waals surface area contributed by atoms with Gasteiger partial charge in [0.05, 0.1) is 13.2 Å². The highest BCUT2D eigenvalue weighted by Gasteiger charge is 2.21. The van der Waals surface area contributed by atoms with Gasteiger partial charge in [-0.25, -0.2) is 0 Å². The van der Waals surface area contributed by atoms with Crippen LogP contribution >= 0.6 is 24.3 Å². The van der Waals surface area contributed by atoms with E-state index < -0.39 is 0 Å². The maximum Gasteiger partial charge on any atom is 0.324 e. The Labute approximate surface area is 125 Å². The fourth-order valence-electron chi connectivity index (χ4n) is 2.18. The third kappa shape index (κ3) is 7.60. The van der Waals surface area contributed by atoms with Gasteiger partial charge in [-0.05, 0) is 45.2 Å². The van der Waals surface area contributed by atoms with Crippen LogP contribution in [0.5, 0.6) is 0 Å². The lowest BCUT2D eigenvalue weighted by atomic mass is 9.92. The number of likely N-dealkylation sites (tertiary alicyclic amines) is 1. The molecule has 0 unspecified atom stereocenters. The molecule has 0 bridgehead atoms. The zero-order valence-electron chi connectivity index (χ0n) is 11.1. The Balaban J connectivity index is 0.00000324. The molecule has 0 atom stereocenters. The van der Waals surface area contributed by atoms with Crippen LogP contribution in [0.3, 0.4) is 0 Å². The number of hydrogen-bond donors (Lipinski definition) is 0. The molecular formula is C12H21Cl2NO4. The molecule has 0 aliphatic carbocycles. The third-order valence-corrected chi connectivity index (χ3v) is 3.38. The molecule has 1 aliphatic heterocycles. The molecule has 1 rings (SSSR count). The Morgan fingerprint density at radius 1 is 1.26 bits per heavy atom. The molecular weight excluding hydrogens is 293 g/mol. The molecule has 0 aromatic heterocycles. The molecule has 0 amide bonds. The van der Waals surface area contributed by atoms with Crippen molar-refractivity contribution in [3.8, 4) is 0 Å². The van der Waals surface area contributed by atoms with Gasteiger partial charge in [-0.2, -0.15) is 0 Å². The second-order valence-corrected chi connectivity index (χ2v) is 4.67. The average molecular weight is 314 g/mol. The van der Waals surface area contributed by atoms with Crippen molar-refractivity contribution in [2.45, 2.75) is 32.6 Å². The van der Waals surface area contributed by atoms with Crippen LogP contribution in [0.2, 0.25) is 0 Å². The van der Waals surface area contributed by atoms with E-state index in [9.17, 15) is 9.59 Å². The summed E-state index contributed by atoms with van der Waals surface area (Å²) in [5.74, 6) is -0.0218. The Morgan fingerprint density at radius 3 is 2.42 bits per heavy atom. The van der Waals surface area contributed by atoms with E-state index in [4.69, 9.17) is 16.6 Å². The van der Waals surface area contributed by atoms with Crippen LogP contribution in [0.1, 0.15) is 32.6 Å². The number of hydrogen-bond acceptors (Lipinski definition) is 5. The highest BCUT2D eigenvalue weighted by atomic mass is 35.5. The molecule has 1 saturated heterocycles. The first kappa shape index (κ1) is 18.5. The fourth-order valence-corrected chi connectivity index (χ4v) is 2.26. The number of halogens is 2. The molecule has 5 nitrogen and oxygen atoms in total. The van der Waals surface area contributed by atoms with E-state index in [-0.39, 0.29) is 24.3 Å². The highest BCUT2D eigenvalue weighted by Crippen LogP contribution is 2.22. The van der Waals surface area contributed by atoms with E-state index in [2.05, 4.69) is 9.19 Å². The maximum atomic E-state index is 11.3. The van der Waals surface area contributed by atoms with E-state index in [0.29, 0.717) is 25.5 Å². The van der Waals surface area contributed by atoms with Gasteiger partial charge in [-0.1, -0.05) is 0 Å². The predicted octanol–water partition coefficient (Wildman–Crippen LogP) is 2.16. The van der Waals surface area contributed by atoms with E-state index in [1.807, 2.05) is 0 Å². The summed E-state index contributed by atoms with van der Waals surface area (Å²) in [7, 11) is 0. The van der Waals surface area contributed by atoms with Crippen molar-refractivity contribution in [2.75, 3.05) is 26.2 Å². The lowest BCUT2D eigenvalue weighted by Gasteiger charge is -2.30. The Hall–Kier alpha value is -0.520. The minimum absolute atomic E-state index is 0. The Morgan fingerprint density at radius 2 is 1.89 bits per heavy atom. The van der Waals surface area contributed by atoms with Gasteiger partial charge in [-0.15, -0.1) is 12.4 Å². The maximum absolute atomic E-state index is 11.3. The number of piperidine rings is 1. The number of esters is 1. The van der Waals surface area contributed by atoms with Gasteiger partial charge in [0, 0.05) is 6.42 Å². The second kappa shape index (κ2) is 10.3. The number of rotatable bonds is 6. The summed E-state index contributed by atoms with van der Waals surface area (Å²) in [6.45, 7) is 4.35. The standard InChI is InChI=1S/C12H20ClNO4.ClH/c1-2-17-12(16)9-14-7-5-10(6-8-14)3-4-11(15)18-13;/h10H,2-9H2,1H3;1H. The number of ether oxygens (including phenoxy) is 1. The molecule has 1 heterocycles. The lowest BCUT2D eigenvalue weighted by molar-refractivity contribution is -0.144. The molecule has 0 aromatic carbocycles. The number of carbonyl (C=O) groups excluding carboxylic acids is 2. The number of carbonyl (C=O) groups is 2. The molecule has 19 heavy (non-hydrogen) atoms. The van der Waals surface area contributed by atoms with Crippen molar-refractivity contribution >= 4 is 36.2 Å². The quantitative estimate of drug-likeness (QED) is 0.703. The van der Waals surface area contributed by atoms with Gasteiger partial charge < -0.3 is 9.03 Å². The van der Waals surface area contributed by atoms with Crippen molar-refractivity contribution in [1.29, 1.82) is 0 Å². The first-order chi connectivity index (χ1) is 8.65. The van der Waals surface area contributed by atoms with Gasteiger partial charge in [0.15, 0.2) is 0 Å². The van der Waals surface area contributed by atoms with E-state index in [0.717, 1.165) is 32.4 Å². The van der Waals surface area contributed by atoms with Crippen molar-refractivity contribution in [1.82, 2.24) is 4.90 Å². The molecule has 0 radical (unpaired) electrons. The predicted molar refractivity (Wildman–Crippen MR) is 74.2 cm³/mol. The summed E-state index contributed by atoms with van der Waals surface area (Å²) >= 11 is 4.97. The van der Waals surface area contributed by atoms with Crippen LogP contribution in [0, 0.1) is 5.92 Å². The monoisotopic (exact) mass is 313 g/mol. The molecule has 1 fully saturated rings. The first-order valence-electron chi connectivity index (χ1n) is 6.35. The minimum atomic E-state index is -0.370. The summed E-state index contributed by atoms with van der Waals surface area (Å²) in [4.78, 5) is 24.3. The molecule has 112 valence electrons. The molecule has 7 heteroatoms. The van der Waals surface area contributed by atoms with Gasteiger partial charge in [0.2, 0.25) is 0 Å². The second-order valence-electron chi connectivity index (χ2n) is 4.51. The Bertz CT molecular complexity index is 281. The van der Waals surface area contributed by atoms with E-state index >= 15 is 0 Å². The highest BCUT2D eigenvalue weighted by molar-refractivity contribution is 6.13. The summed E-state index contributed by atoms with van der Waals surface area (Å²) in [6.07, 6.45) is 3.16. The van der Waals surface area contributed by atoms with Crippen molar-refractivity contribution in [3.05, 3.63) is 0 Å². The van der Waals surface area contributed by atoms with Crippen LogP contribution in [-0.4, -0.2) is 43.1 Å². The topological polar surface area (TPSA) is 55.8 Å². The van der Waals surface area contributed by atoms with Crippen molar-refractivity contribution in [2.24, 2.45) is 5.92 Å². The normalized spacial score (nSPS) is 16.5. The fraction of sp³-hybridized carbons (Fsp3) is 0.833. The number of nitrogens with zero attached hydrogens (tertiary/aromatic N) is 1. The molecule has 0 saturated carbocycles. The Kier molecular flexibility index (Phi) is 10.0. The van der Waals surface area contributed by atoms with Gasteiger partial charge in [-0.3, -0.25) is 14.5 Å². The molecule has 0 aromatic rings. The van der Waals surface area contributed by atoms with Gasteiger partial charge in [0.1, 0.15) is 11.9 Å². The van der Waals surface area contributed by atoms with Crippen LogP contribution in [0.25, 0.3) is 0 Å². The summed E-state index contributed by atoms with van der Waals surface area (Å²) in [6, 6.07) is 0. The van der Waals surface area contributed by atoms with Crippen molar-refractivity contribution in [3.63, 3.8) is 0 Å². The lowest BCUT2D eigenvalue weighted by Crippen LogP contribution is -2.38. The van der Waals surface area contributed by atoms with Crippen LogP contribution in [0.4, 0.5) is 0 Å². The van der Waals surface area contributed by atoms with Crippen LogP contribution < -0.4 is 0 Å². The zero-order valence-corrected chi connectivity index (χ0v) is 12.7. The van der Waals surface area contributed by atoms with Crippen LogP contribution in [0.15, 0.2) is 0 Å². The SMILES string of the molecule is CCOC(=O)CN1CCC(CCC(=O)OCl)CC1.Cl. The molecule has 1 aliphatic rings. The largest absolute Gasteiger partial charge is 0.465 e. The average Bonchev–Trinajstić information content (AvgIpc) is 2.37. The van der Waals surface area contributed by atoms with Crippen molar-refractivity contribution < 1.29 is 18.6 Å². The minimum Gasteiger partial charge on any atom is -0.465 e. The molecule has 0 spiro atoms. The summed E-state index contributed by atoms with van der Waals surface area (Å²) < 4.78 is 9.01. The van der Waals surface area contributed by atoms with Gasteiger partial charge in [0.25, 0.3) is 0 Å². The van der Waals surface area contributed by atoms with E-state index in [1.54, 1.807) is 6.92 Å². The van der Waals surface area contributed by atoms with E-state index in [1.165, 1.54) is 0 Å². The first-order valence-corrected chi connectivity index (χ1v) is 6.66. The molecule has 0 N–H and O–H groups in total. The summed E-state index contributed by atoms with van der Waals surface area (Å²) in [5, 5.41) is 0. The van der Waals surface area contributed by atoms with Crippen LogP contribution in [-0.2, 0) is 18.6 Å². The van der Waals surface area contributed by atoms with Gasteiger partial charge >= 0.3 is 11.9 Å². The summed E-state index contributed by atoms with van der Waals surface area (Å²) in [5.41, 5.74) is 0. The zero-order chi connectivity index (χ0) is 13.4. The third-order valence-electron chi connectivity index (χ3n) is 3.21. The smallest absolute Gasteiger partial charge is 0.324 e.